The molecule has 2 aromatic heterocycles. The van der Waals surface area contributed by atoms with E-state index in [9.17, 15) is 9.18 Å². The lowest BCUT2D eigenvalue weighted by molar-refractivity contribution is 0.101. The SMILES string of the molecule is CCCCCNc1ccc(F)c(C(=O)Nc2cnc3n[nH]c(-c4cccc(CN5CCCCC5)c4)c3c2)c1F. The fourth-order valence-corrected chi connectivity index (χ4v) is 5.08. The number of hydrogen-bond donors (Lipinski definition) is 3. The molecule has 1 fully saturated rings. The molecule has 0 bridgehead atoms. The highest BCUT2D eigenvalue weighted by molar-refractivity contribution is 6.06. The number of rotatable bonds is 10. The monoisotopic (exact) mass is 532 g/mol. The number of H-pyrrole nitrogens is 1. The van der Waals surface area contributed by atoms with Crippen molar-refractivity contribution in [1.29, 1.82) is 0 Å². The van der Waals surface area contributed by atoms with Crippen molar-refractivity contribution in [2.75, 3.05) is 30.3 Å². The second-order valence-corrected chi connectivity index (χ2v) is 10.1. The Labute approximate surface area is 227 Å². The molecule has 0 atom stereocenters. The fourth-order valence-electron chi connectivity index (χ4n) is 5.08. The minimum Gasteiger partial charge on any atom is -0.383 e. The van der Waals surface area contributed by atoms with Crippen molar-refractivity contribution in [2.24, 2.45) is 0 Å². The lowest BCUT2D eigenvalue weighted by Gasteiger charge is -2.26. The van der Waals surface area contributed by atoms with Gasteiger partial charge in [-0.3, -0.25) is 14.8 Å². The molecule has 2 aromatic carbocycles. The molecule has 7 nitrogen and oxygen atoms in total. The molecule has 0 aliphatic carbocycles. The number of aromatic nitrogens is 3. The zero-order valence-corrected chi connectivity index (χ0v) is 22.2. The van der Waals surface area contributed by atoms with Gasteiger partial charge in [-0.25, -0.2) is 13.8 Å². The van der Waals surface area contributed by atoms with Crippen LogP contribution in [0.4, 0.5) is 20.2 Å². The highest BCUT2D eigenvalue weighted by atomic mass is 19.1. The molecule has 9 heteroatoms. The van der Waals surface area contributed by atoms with Crippen LogP contribution in [0.15, 0.2) is 48.7 Å². The number of halogens is 2. The minimum atomic E-state index is -0.923. The topological polar surface area (TPSA) is 85.9 Å². The number of unbranched alkanes of at least 4 members (excludes halogenated alkanes) is 2. The van der Waals surface area contributed by atoms with Crippen LogP contribution >= 0.6 is 0 Å². The summed E-state index contributed by atoms with van der Waals surface area (Å²) in [6.07, 6.45) is 8.08. The molecular weight excluding hydrogens is 498 g/mol. The zero-order valence-electron chi connectivity index (χ0n) is 22.2. The van der Waals surface area contributed by atoms with E-state index < -0.39 is 23.1 Å². The van der Waals surface area contributed by atoms with Gasteiger partial charge in [0.05, 0.1) is 23.3 Å². The average molecular weight is 533 g/mol. The van der Waals surface area contributed by atoms with Crippen molar-refractivity contribution in [2.45, 2.75) is 52.0 Å². The summed E-state index contributed by atoms with van der Waals surface area (Å²) in [5.74, 6) is -2.71. The van der Waals surface area contributed by atoms with Gasteiger partial charge in [-0.1, -0.05) is 44.4 Å². The lowest BCUT2D eigenvalue weighted by Crippen LogP contribution is -2.29. The molecule has 4 aromatic rings. The summed E-state index contributed by atoms with van der Waals surface area (Å²) in [5, 5.41) is 13.7. The Kier molecular flexibility index (Phi) is 8.46. The molecular formula is C30H34F2N6O. The number of piperidine rings is 1. The maximum Gasteiger partial charge on any atom is 0.261 e. The van der Waals surface area contributed by atoms with Crippen molar-refractivity contribution >= 4 is 28.3 Å². The van der Waals surface area contributed by atoms with E-state index in [0.717, 1.165) is 56.2 Å². The van der Waals surface area contributed by atoms with Crippen LogP contribution in [-0.2, 0) is 6.54 Å². The first-order valence-electron chi connectivity index (χ1n) is 13.7. The number of hydrogen-bond acceptors (Lipinski definition) is 5. The molecule has 1 aliphatic rings. The number of aromatic amines is 1. The van der Waals surface area contributed by atoms with Gasteiger partial charge in [0.25, 0.3) is 5.91 Å². The Morgan fingerprint density at radius 2 is 1.92 bits per heavy atom. The molecule has 0 radical (unpaired) electrons. The molecule has 1 amide bonds. The van der Waals surface area contributed by atoms with E-state index in [1.54, 1.807) is 6.07 Å². The molecule has 0 spiro atoms. The van der Waals surface area contributed by atoms with E-state index >= 15 is 4.39 Å². The van der Waals surface area contributed by atoms with Crippen LogP contribution in [0.3, 0.4) is 0 Å². The van der Waals surface area contributed by atoms with E-state index in [1.807, 2.05) is 12.1 Å². The number of benzene rings is 2. The van der Waals surface area contributed by atoms with Crippen molar-refractivity contribution in [3.8, 4) is 11.3 Å². The normalized spacial score (nSPS) is 14.0. The predicted molar refractivity (Wildman–Crippen MR) is 151 cm³/mol. The summed E-state index contributed by atoms with van der Waals surface area (Å²) in [7, 11) is 0. The second-order valence-electron chi connectivity index (χ2n) is 10.1. The van der Waals surface area contributed by atoms with E-state index in [-0.39, 0.29) is 5.69 Å². The molecule has 3 heterocycles. The van der Waals surface area contributed by atoms with E-state index in [1.165, 1.54) is 37.1 Å². The number of carbonyl (C=O) groups is 1. The van der Waals surface area contributed by atoms with Gasteiger partial charge < -0.3 is 10.6 Å². The summed E-state index contributed by atoms with van der Waals surface area (Å²) >= 11 is 0. The third kappa shape index (κ3) is 6.25. The molecule has 5 rings (SSSR count). The van der Waals surface area contributed by atoms with Gasteiger partial charge >= 0.3 is 0 Å². The lowest BCUT2D eigenvalue weighted by atomic mass is 10.0. The zero-order chi connectivity index (χ0) is 27.2. The third-order valence-corrected chi connectivity index (χ3v) is 7.15. The Balaban J connectivity index is 1.36. The molecule has 39 heavy (non-hydrogen) atoms. The van der Waals surface area contributed by atoms with Gasteiger partial charge in [-0.2, -0.15) is 5.10 Å². The largest absolute Gasteiger partial charge is 0.383 e. The highest BCUT2D eigenvalue weighted by Crippen LogP contribution is 2.29. The average Bonchev–Trinajstić information content (AvgIpc) is 3.36. The quantitative estimate of drug-likeness (QED) is 0.197. The highest BCUT2D eigenvalue weighted by Gasteiger charge is 2.21. The van der Waals surface area contributed by atoms with Gasteiger partial charge in [0.15, 0.2) is 11.5 Å². The van der Waals surface area contributed by atoms with E-state index in [0.29, 0.717) is 23.3 Å². The Hall–Kier alpha value is -3.85. The van der Waals surface area contributed by atoms with Crippen LogP contribution in [0, 0.1) is 11.6 Å². The summed E-state index contributed by atoms with van der Waals surface area (Å²) in [5.41, 5.74) is 3.21. The maximum absolute atomic E-state index is 15.1. The molecule has 204 valence electrons. The molecule has 3 N–H and O–H groups in total. The van der Waals surface area contributed by atoms with Crippen LogP contribution in [0.2, 0.25) is 0 Å². The first-order valence-corrected chi connectivity index (χ1v) is 13.7. The number of carbonyl (C=O) groups excluding carboxylic acids is 1. The Morgan fingerprint density at radius 1 is 1.08 bits per heavy atom. The first kappa shape index (κ1) is 26.7. The fraction of sp³-hybridized carbons (Fsp3) is 0.367. The van der Waals surface area contributed by atoms with Crippen LogP contribution in [-0.4, -0.2) is 45.6 Å². The van der Waals surface area contributed by atoms with Crippen molar-refractivity contribution in [3.63, 3.8) is 0 Å². The number of nitrogens with one attached hydrogen (secondary N) is 3. The molecule has 0 saturated carbocycles. The van der Waals surface area contributed by atoms with Crippen LogP contribution in [0.1, 0.15) is 61.4 Å². The number of anilines is 2. The maximum atomic E-state index is 15.1. The summed E-state index contributed by atoms with van der Waals surface area (Å²) in [6, 6.07) is 12.4. The van der Waals surface area contributed by atoms with Crippen LogP contribution < -0.4 is 10.6 Å². The van der Waals surface area contributed by atoms with Gasteiger partial charge in [-0.05, 0) is 62.2 Å². The Morgan fingerprint density at radius 3 is 2.74 bits per heavy atom. The number of pyridine rings is 1. The van der Waals surface area contributed by atoms with Crippen molar-refractivity contribution < 1.29 is 13.6 Å². The van der Waals surface area contributed by atoms with Crippen molar-refractivity contribution in [1.82, 2.24) is 20.1 Å². The van der Waals surface area contributed by atoms with Gasteiger partial charge in [0.2, 0.25) is 0 Å². The minimum absolute atomic E-state index is 0.104. The number of fused-ring (bicyclic) bond motifs is 1. The number of nitrogens with zero attached hydrogens (tertiary/aromatic N) is 3. The second kappa shape index (κ2) is 12.3. The van der Waals surface area contributed by atoms with Crippen LogP contribution in [0.25, 0.3) is 22.3 Å². The van der Waals surface area contributed by atoms with Gasteiger partial charge in [0.1, 0.15) is 11.4 Å². The molecule has 1 aliphatic heterocycles. The Bertz CT molecular complexity index is 1450. The van der Waals surface area contributed by atoms with Crippen molar-refractivity contribution in [3.05, 3.63) is 71.4 Å². The van der Waals surface area contributed by atoms with E-state index in [4.69, 9.17) is 0 Å². The standard InChI is InChI=1S/C30H34F2N6O/c1-2-3-5-13-33-25-12-11-24(31)26(27(25)32)30(39)35-22-17-23-28(36-37-29(23)34-18-22)21-10-8-9-20(16-21)19-38-14-6-4-7-15-38/h8-12,16-18,33H,2-7,13-15,19H2,1H3,(H,35,39)(H,34,36,37). The summed E-state index contributed by atoms with van der Waals surface area (Å²) in [6.45, 7) is 5.74. The van der Waals surface area contributed by atoms with E-state index in [2.05, 4.69) is 49.8 Å². The van der Waals surface area contributed by atoms with Gasteiger partial charge in [-0.15, -0.1) is 0 Å². The summed E-state index contributed by atoms with van der Waals surface area (Å²) in [4.78, 5) is 19.8. The van der Waals surface area contributed by atoms with Crippen LogP contribution in [0.5, 0.6) is 0 Å². The first-order chi connectivity index (χ1) is 19.0. The number of amides is 1. The molecule has 0 unspecified atom stereocenters. The van der Waals surface area contributed by atoms with Gasteiger partial charge in [0, 0.05) is 24.0 Å². The summed E-state index contributed by atoms with van der Waals surface area (Å²) < 4.78 is 29.7. The smallest absolute Gasteiger partial charge is 0.261 e. The number of likely N-dealkylation sites (tertiary alicyclic amines) is 1. The molecule has 1 saturated heterocycles. The third-order valence-electron chi connectivity index (χ3n) is 7.15. The predicted octanol–water partition coefficient (Wildman–Crippen LogP) is 6.74.